The van der Waals surface area contributed by atoms with E-state index < -0.39 is 11.9 Å². The molecule has 3 N–H and O–H groups in total. The minimum Gasteiger partial charge on any atom is -0.478 e. The van der Waals surface area contributed by atoms with Crippen molar-refractivity contribution in [1.29, 1.82) is 5.41 Å². The smallest absolute Gasteiger partial charge is 0.337 e. The zero-order valence-electron chi connectivity index (χ0n) is 12.7. The van der Waals surface area contributed by atoms with E-state index in [0.717, 1.165) is 11.8 Å². The Morgan fingerprint density at radius 2 is 1.79 bits per heavy atom. The second kappa shape index (κ2) is 8.22. The topological polar surface area (TPSA) is 103 Å². The van der Waals surface area contributed by atoms with Crippen LogP contribution in [0.4, 0.5) is 5.69 Å². The fourth-order valence-electron chi connectivity index (χ4n) is 1.92. The lowest BCUT2D eigenvalue weighted by Gasteiger charge is -2.04. The van der Waals surface area contributed by atoms with Crippen molar-refractivity contribution >= 4 is 29.6 Å². The number of nitrogens with zero attached hydrogens (tertiary/aromatic N) is 1. The molecule has 0 bridgehead atoms. The number of nitrogens with one attached hydrogen (secondary N) is 2. The lowest BCUT2D eigenvalue weighted by molar-refractivity contribution is -0.117. The Hall–Kier alpha value is -3.50. The van der Waals surface area contributed by atoms with Crippen molar-refractivity contribution in [3.05, 3.63) is 71.3 Å². The van der Waals surface area contributed by atoms with E-state index in [1.165, 1.54) is 12.1 Å². The van der Waals surface area contributed by atoms with Crippen LogP contribution in [0.5, 0.6) is 0 Å². The van der Waals surface area contributed by atoms with Gasteiger partial charge in [0, 0.05) is 12.8 Å². The van der Waals surface area contributed by atoms with Gasteiger partial charge in [-0.05, 0) is 23.6 Å². The number of carbonyl (C=O) groups excluding carboxylic acids is 1. The van der Waals surface area contributed by atoms with Gasteiger partial charge in [-0.1, -0.05) is 42.5 Å². The highest BCUT2D eigenvalue weighted by Gasteiger charge is 2.10. The predicted octanol–water partition coefficient (Wildman–Crippen LogP) is 2.58. The summed E-state index contributed by atoms with van der Waals surface area (Å²) in [5, 5.41) is 19.0. The lowest BCUT2D eigenvalue weighted by Crippen LogP contribution is -2.25. The first-order chi connectivity index (χ1) is 11.6. The number of rotatable bonds is 6. The van der Waals surface area contributed by atoms with Crippen LogP contribution >= 0.6 is 0 Å². The molecule has 0 saturated heterocycles. The van der Waals surface area contributed by atoms with Crippen LogP contribution in [0.2, 0.25) is 0 Å². The van der Waals surface area contributed by atoms with Crippen molar-refractivity contribution in [3.63, 3.8) is 0 Å². The summed E-state index contributed by atoms with van der Waals surface area (Å²) >= 11 is 0. The number of aliphatic imine (C=N–C) groups is 1. The SMILES string of the molecule is N=C=C(C=Nc1ccccc1C(=O)O)C(=O)NCc1ccccc1. The van der Waals surface area contributed by atoms with Gasteiger partial charge in [0.1, 0.15) is 5.57 Å². The Labute approximate surface area is 138 Å². The highest BCUT2D eigenvalue weighted by molar-refractivity contribution is 6.19. The number of carboxylic acid groups (broad SMARTS) is 1. The van der Waals surface area contributed by atoms with E-state index in [1.807, 2.05) is 36.2 Å². The maximum Gasteiger partial charge on any atom is 0.337 e. The summed E-state index contributed by atoms with van der Waals surface area (Å²) < 4.78 is 0. The summed E-state index contributed by atoms with van der Waals surface area (Å²) in [6, 6.07) is 15.5. The van der Waals surface area contributed by atoms with Crippen molar-refractivity contribution in [2.75, 3.05) is 0 Å². The maximum atomic E-state index is 12.0. The predicted molar refractivity (Wildman–Crippen MR) is 91.1 cm³/mol. The van der Waals surface area contributed by atoms with Crippen molar-refractivity contribution in [3.8, 4) is 0 Å². The molecule has 1 amide bonds. The van der Waals surface area contributed by atoms with E-state index >= 15 is 0 Å². The van der Waals surface area contributed by atoms with Crippen LogP contribution in [-0.2, 0) is 11.3 Å². The van der Waals surface area contributed by atoms with Gasteiger partial charge >= 0.3 is 5.97 Å². The molecule has 0 spiro atoms. The molecule has 2 aromatic rings. The van der Waals surface area contributed by atoms with Crippen LogP contribution in [-0.4, -0.2) is 29.1 Å². The number of benzene rings is 2. The first-order valence-corrected chi connectivity index (χ1v) is 7.10. The first kappa shape index (κ1) is 16.9. The number of carbonyl (C=O) groups is 2. The normalized spacial score (nSPS) is 10.2. The molecule has 0 heterocycles. The molecule has 6 nitrogen and oxygen atoms in total. The van der Waals surface area contributed by atoms with E-state index in [0.29, 0.717) is 6.54 Å². The van der Waals surface area contributed by atoms with Crippen LogP contribution in [0.1, 0.15) is 15.9 Å². The molecular formula is C18H15N3O3. The molecule has 0 fully saturated rings. The van der Waals surface area contributed by atoms with Crippen molar-refractivity contribution in [2.45, 2.75) is 6.54 Å². The average Bonchev–Trinajstić information content (AvgIpc) is 2.61. The first-order valence-electron chi connectivity index (χ1n) is 7.10. The molecule has 0 aliphatic heterocycles. The Balaban J connectivity index is 2.08. The summed E-state index contributed by atoms with van der Waals surface area (Å²) in [4.78, 5) is 27.2. The quantitative estimate of drug-likeness (QED) is 0.563. The van der Waals surface area contributed by atoms with E-state index in [4.69, 9.17) is 10.5 Å². The van der Waals surface area contributed by atoms with Crippen LogP contribution < -0.4 is 5.32 Å². The minimum absolute atomic E-state index is 0.0165. The molecule has 120 valence electrons. The van der Waals surface area contributed by atoms with E-state index in [-0.39, 0.29) is 16.8 Å². The zero-order valence-corrected chi connectivity index (χ0v) is 12.7. The Bertz CT molecular complexity index is 822. The molecule has 0 atom stereocenters. The summed E-state index contributed by atoms with van der Waals surface area (Å²) in [6.45, 7) is 0.310. The van der Waals surface area contributed by atoms with E-state index in [9.17, 15) is 9.59 Å². The number of hydrogen-bond donors (Lipinski definition) is 3. The van der Waals surface area contributed by atoms with Crippen LogP contribution in [0.15, 0.2) is 65.2 Å². The largest absolute Gasteiger partial charge is 0.478 e. The van der Waals surface area contributed by atoms with Crippen molar-refractivity contribution in [1.82, 2.24) is 5.32 Å². The minimum atomic E-state index is -1.11. The molecule has 0 unspecified atom stereocenters. The van der Waals surface area contributed by atoms with Gasteiger partial charge < -0.3 is 10.4 Å². The van der Waals surface area contributed by atoms with Gasteiger partial charge in [0.05, 0.1) is 11.3 Å². The third kappa shape index (κ3) is 4.50. The number of hydrogen-bond acceptors (Lipinski definition) is 4. The Morgan fingerprint density at radius 3 is 2.46 bits per heavy atom. The molecule has 0 saturated carbocycles. The van der Waals surface area contributed by atoms with E-state index in [1.54, 1.807) is 12.1 Å². The third-order valence-corrected chi connectivity index (χ3v) is 3.14. The second-order valence-corrected chi connectivity index (χ2v) is 4.79. The van der Waals surface area contributed by atoms with Crippen LogP contribution in [0.25, 0.3) is 0 Å². The van der Waals surface area contributed by atoms with Gasteiger partial charge in [-0.2, -0.15) is 0 Å². The highest BCUT2D eigenvalue weighted by atomic mass is 16.4. The van der Waals surface area contributed by atoms with Crippen molar-refractivity contribution in [2.24, 2.45) is 4.99 Å². The molecule has 0 aliphatic carbocycles. The Morgan fingerprint density at radius 1 is 1.12 bits per heavy atom. The Kier molecular flexibility index (Phi) is 5.77. The van der Waals surface area contributed by atoms with Gasteiger partial charge in [0.25, 0.3) is 5.91 Å². The summed E-state index contributed by atoms with van der Waals surface area (Å²) in [7, 11) is 0. The van der Waals surface area contributed by atoms with Gasteiger partial charge in [-0.25, -0.2) is 4.79 Å². The monoisotopic (exact) mass is 321 g/mol. The van der Waals surface area contributed by atoms with Gasteiger partial charge in [0.15, 0.2) is 0 Å². The standard InChI is InChI=1S/C18H15N3O3/c19-10-14(17(22)21-11-13-6-2-1-3-7-13)12-20-16-9-5-4-8-15(16)18(23)24/h1-9,12,19H,11H2,(H,21,22)(H,23,24). The molecule has 6 heteroatoms. The second-order valence-electron chi connectivity index (χ2n) is 4.79. The summed E-state index contributed by atoms with van der Waals surface area (Å²) in [5.41, 5.74) is 1.05. The van der Waals surface area contributed by atoms with Gasteiger partial charge in [0.2, 0.25) is 0 Å². The van der Waals surface area contributed by atoms with Gasteiger partial charge in [-0.15, -0.1) is 0 Å². The van der Waals surface area contributed by atoms with E-state index in [2.05, 4.69) is 10.3 Å². The fourth-order valence-corrected chi connectivity index (χ4v) is 1.92. The average molecular weight is 321 g/mol. The van der Waals surface area contributed by atoms with Crippen LogP contribution in [0, 0.1) is 5.41 Å². The lowest BCUT2D eigenvalue weighted by atomic mass is 10.2. The molecule has 2 rings (SSSR count). The van der Waals surface area contributed by atoms with Crippen molar-refractivity contribution < 1.29 is 14.7 Å². The maximum absolute atomic E-state index is 12.0. The molecule has 2 aromatic carbocycles. The zero-order chi connectivity index (χ0) is 17.4. The molecule has 0 aromatic heterocycles. The van der Waals surface area contributed by atoms with Gasteiger partial charge in [-0.3, -0.25) is 15.2 Å². The molecule has 0 radical (unpaired) electrons. The fraction of sp³-hybridized carbons (Fsp3) is 0.0556. The third-order valence-electron chi connectivity index (χ3n) is 3.14. The summed E-state index contributed by atoms with van der Waals surface area (Å²) in [5.74, 6) is 0.392. The molecule has 24 heavy (non-hydrogen) atoms. The number of aromatic carboxylic acids is 1. The van der Waals surface area contributed by atoms with Crippen LogP contribution in [0.3, 0.4) is 0 Å². The number of para-hydroxylation sites is 1. The summed E-state index contributed by atoms with van der Waals surface area (Å²) in [6.07, 6.45) is 1.13. The highest BCUT2D eigenvalue weighted by Crippen LogP contribution is 2.18. The number of carboxylic acids is 1. The molecule has 0 aliphatic rings. The molecular weight excluding hydrogens is 306 g/mol. The number of amides is 1.